The van der Waals surface area contributed by atoms with Crippen LogP contribution < -0.4 is 19.5 Å². The second-order valence-electron chi connectivity index (χ2n) is 6.87. The van der Waals surface area contributed by atoms with E-state index in [2.05, 4.69) is 17.4 Å². The highest BCUT2D eigenvalue weighted by molar-refractivity contribution is 6.30. The van der Waals surface area contributed by atoms with Crippen molar-refractivity contribution in [3.63, 3.8) is 0 Å². The lowest BCUT2D eigenvalue weighted by molar-refractivity contribution is 0.269. The Morgan fingerprint density at radius 1 is 0.839 bits per heavy atom. The van der Waals surface area contributed by atoms with Crippen LogP contribution in [0.4, 0.5) is 0 Å². The summed E-state index contributed by atoms with van der Waals surface area (Å²) in [4.78, 5) is 0. The molecule has 0 aliphatic rings. The maximum atomic E-state index is 5.98. The van der Waals surface area contributed by atoms with Crippen LogP contribution in [0.2, 0.25) is 5.02 Å². The number of methoxy groups -OCH3 is 1. The monoisotopic (exact) mass is 461 g/mol. The molecular formula is C25H29Cl2NO3. The summed E-state index contributed by atoms with van der Waals surface area (Å²) in [5.74, 6) is 2.43. The van der Waals surface area contributed by atoms with Gasteiger partial charge in [0.15, 0.2) is 11.5 Å². The lowest BCUT2D eigenvalue weighted by atomic mass is 10.1. The summed E-state index contributed by atoms with van der Waals surface area (Å²) in [6.45, 7) is 4.64. The van der Waals surface area contributed by atoms with Crippen molar-refractivity contribution in [2.75, 3.05) is 20.3 Å². The van der Waals surface area contributed by atoms with E-state index in [0.29, 0.717) is 13.2 Å². The second kappa shape index (κ2) is 13.1. The predicted octanol–water partition coefficient (Wildman–Crippen LogP) is 6.08. The molecular weight excluding hydrogens is 433 g/mol. The van der Waals surface area contributed by atoms with Crippen LogP contribution in [-0.4, -0.2) is 20.3 Å². The van der Waals surface area contributed by atoms with Crippen LogP contribution in [0.15, 0.2) is 66.7 Å². The lowest BCUT2D eigenvalue weighted by Crippen LogP contribution is -2.17. The van der Waals surface area contributed by atoms with Crippen LogP contribution in [0.25, 0.3) is 0 Å². The summed E-state index contributed by atoms with van der Waals surface area (Å²) in [5, 5.41) is 4.21. The first-order valence-corrected chi connectivity index (χ1v) is 10.5. The Morgan fingerprint density at radius 2 is 1.58 bits per heavy atom. The molecule has 4 nitrogen and oxygen atoms in total. The quantitative estimate of drug-likeness (QED) is 0.351. The van der Waals surface area contributed by atoms with Crippen molar-refractivity contribution in [2.24, 2.45) is 0 Å². The van der Waals surface area contributed by atoms with Gasteiger partial charge in [0.1, 0.15) is 12.4 Å². The molecule has 3 aromatic rings. The second-order valence-corrected chi connectivity index (χ2v) is 7.30. The Bertz CT molecular complexity index is 932. The summed E-state index contributed by atoms with van der Waals surface area (Å²) < 4.78 is 17.2. The fourth-order valence-electron chi connectivity index (χ4n) is 3.16. The molecule has 0 radical (unpaired) electrons. The molecule has 0 aliphatic heterocycles. The molecule has 0 saturated carbocycles. The number of nitrogens with one attached hydrogen (secondary N) is 1. The van der Waals surface area contributed by atoms with Crippen molar-refractivity contribution in [1.29, 1.82) is 0 Å². The van der Waals surface area contributed by atoms with E-state index in [1.54, 1.807) is 7.11 Å². The van der Waals surface area contributed by atoms with Gasteiger partial charge in [0.2, 0.25) is 0 Å². The number of benzene rings is 3. The van der Waals surface area contributed by atoms with Crippen molar-refractivity contribution in [3.05, 3.63) is 88.4 Å². The molecule has 6 heteroatoms. The molecule has 0 bridgehead atoms. The number of halogens is 2. The minimum atomic E-state index is 0. The van der Waals surface area contributed by atoms with Gasteiger partial charge in [-0.05, 0) is 66.9 Å². The van der Waals surface area contributed by atoms with Crippen LogP contribution in [0, 0.1) is 0 Å². The van der Waals surface area contributed by atoms with E-state index in [1.165, 1.54) is 5.56 Å². The number of para-hydroxylation sites is 1. The first-order chi connectivity index (χ1) is 14.7. The third kappa shape index (κ3) is 7.66. The first-order valence-electron chi connectivity index (χ1n) is 10.1. The van der Waals surface area contributed by atoms with Crippen LogP contribution in [0.3, 0.4) is 0 Å². The SMILES string of the molecule is CCOc1cc(CNCCc2ccccc2OC)ccc1OCc1ccc(Cl)cc1.Cl. The molecule has 166 valence electrons. The Kier molecular flexibility index (Phi) is 10.5. The zero-order chi connectivity index (χ0) is 21.2. The molecule has 3 aromatic carbocycles. The number of hydrogen-bond acceptors (Lipinski definition) is 4. The van der Waals surface area contributed by atoms with E-state index in [9.17, 15) is 0 Å². The summed E-state index contributed by atoms with van der Waals surface area (Å²) in [7, 11) is 1.71. The average Bonchev–Trinajstić information content (AvgIpc) is 2.77. The number of hydrogen-bond donors (Lipinski definition) is 1. The summed E-state index contributed by atoms with van der Waals surface area (Å²) >= 11 is 5.94. The van der Waals surface area contributed by atoms with Gasteiger partial charge >= 0.3 is 0 Å². The Morgan fingerprint density at radius 3 is 2.32 bits per heavy atom. The van der Waals surface area contributed by atoms with Gasteiger partial charge in [-0.2, -0.15) is 0 Å². The summed E-state index contributed by atoms with van der Waals surface area (Å²) in [6.07, 6.45) is 0.907. The smallest absolute Gasteiger partial charge is 0.161 e. The minimum absolute atomic E-state index is 0. The summed E-state index contributed by atoms with van der Waals surface area (Å²) in [6, 6.07) is 21.8. The topological polar surface area (TPSA) is 39.7 Å². The zero-order valence-electron chi connectivity index (χ0n) is 17.9. The van der Waals surface area contributed by atoms with Crippen LogP contribution in [-0.2, 0) is 19.6 Å². The van der Waals surface area contributed by atoms with E-state index in [0.717, 1.165) is 52.9 Å². The maximum absolute atomic E-state index is 5.98. The molecule has 0 saturated heterocycles. The van der Waals surface area contributed by atoms with Gasteiger partial charge in [-0.25, -0.2) is 0 Å². The molecule has 0 aromatic heterocycles. The van der Waals surface area contributed by atoms with Gasteiger partial charge in [-0.15, -0.1) is 12.4 Å². The van der Waals surface area contributed by atoms with Crippen molar-refractivity contribution >= 4 is 24.0 Å². The highest BCUT2D eigenvalue weighted by atomic mass is 35.5. The zero-order valence-corrected chi connectivity index (χ0v) is 19.5. The number of rotatable bonds is 11. The van der Waals surface area contributed by atoms with Gasteiger partial charge in [0.05, 0.1) is 13.7 Å². The van der Waals surface area contributed by atoms with Gasteiger partial charge in [-0.1, -0.05) is 48.0 Å². The molecule has 0 spiro atoms. The molecule has 0 unspecified atom stereocenters. The standard InChI is InChI=1S/C25H28ClNO3.ClH/c1-3-29-25-16-20(17-27-15-14-21-6-4-5-7-23(21)28-2)10-13-24(25)30-18-19-8-11-22(26)12-9-19;/h4-13,16,27H,3,14-15,17-18H2,1-2H3;1H. The van der Waals surface area contributed by atoms with E-state index in [1.807, 2.05) is 61.5 Å². The van der Waals surface area contributed by atoms with Crippen molar-refractivity contribution in [3.8, 4) is 17.2 Å². The Balaban J connectivity index is 0.00000341. The van der Waals surface area contributed by atoms with Crippen LogP contribution in [0.1, 0.15) is 23.6 Å². The van der Waals surface area contributed by atoms with E-state index in [4.69, 9.17) is 25.8 Å². The Labute approximate surface area is 195 Å². The molecule has 31 heavy (non-hydrogen) atoms. The van der Waals surface area contributed by atoms with Gasteiger partial charge in [0.25, 0.3) is 0 Å². The largest absolute Gasteiger partial charge is 0.496 e. The summed E-state index contributed by atoms with van der Waals surface area (Å²) in [5.41, 5.74) is 3.41. The predicted molar refractivity (Wildman–Crippen MR) is 129 cm³/mol. The first kappa shape index (κ1) is 24.9. The molecule has 0 aliphatic carbocycles. The Hall–Kier alpha value is -2.40. The van der Waals surface area contributed by atoms with Crippen molar-refractivity contribution < 1.29 is 14.2 Å². The minimum Gasteiger partial charge on any atom is -0.496 e. The molecule has 0 atom stereocenters. The normalized spacial score (nSPS) is 10.3. The van der Waals surface area contributed by atoms with E-state index >= 15 is 0 Å². The highest BCUT2D eigenvalue weighted by Gasteiger charge is 2.08. The fraction of sp³-hybridized carbons (Fsp3) is 0.280. The van der Waals surface area contributed by atoms with Crippen LogP contribution in [0.5, 0.6) is 17.2 Å². The average molecular weight is 462 g/mol. The third-order valence-corrected chi connectivity index (χ3v) is 4.96. The van der Waals surface area contributed by atoms with Gasteiger partial charge in [0, 0.05) is 11.6 Å². The molecule has 0 heterocycles. The molecule has 1 N–H and O–H groups in total. The molecule has 3 rings (SSSR count). The van der Waals surface area contributed by atoms with Crippen molar-refractivity contribution in [1.82, 2.24) is 5.32 Å². The van der Waals surface area contributed by atoms with Crippen molar-refractivity contribution in [2.45, 2.75) is 26.5 Å². The lowest BCUT2D eigenvalue weighted by Gasteiger charge is -2.14. The van der Waals surface area contributed by atoms with E-state index in [-0.39, 0.29) is 12.4 Å². The highest BCUT2D eigenvalue weighted by Crippen LogP contribution is 2.29. The van der Waals surface area contributed by atoms with Gasteiger partial charge < -0.3 is 19.5 Å². The van der Waals surface area contributed by atoms with Crippen LogP contribution >= 0.6 is 24.0 Å². The third-order valence-electron chi connectivity index (χ3n) is 4.71. The number of ether oxygens (including phenoxy) is 3. The molecule has 0 amide bonds. The van der Waals surface area contributed by atoms with Gasteiger partial charge in [-0.3, -0.25) is 0 Å². The maximum Gasteiger partial charge on any atom is 0.161 e. The molecule has 0 fully saturated rings. The fourth-order valence-corrected chi connectivity index (χ4v) is 3.28. The van der Waals surface area contributed by atoms with E-state index < -0.39 is 0 Å².